The fourth-order valence-electron chi connectivity index (χ4n) is 6.66. The molecular weight excluding hydrogens is 519 g/mol. The van der Waals surface area contributed by atoms with Crippen LogP contribution in [0.2, 0.25) is 0 Å². The maximum Gasteiger partial charge on any atom is 0.305 e. The molecule has 41 heavy (non-hydrogen) atoms. The first kappa shape index (κ1) is 30.6. The highest BCUT2D eigenvalue weighted by Crippen LogP contribution is 2.50. The number of aliphatic carboxylic acids is 1. The summed E-state index contributed by atoms with van der Waals surface area (Å²) in [6.07, 6.45) is 5.62. The Bertz CT molecular complexity index is 1290. The summed E-state index contributed by atoms with van der Waals surface area (Å²) >= 11 is 0. The van der Waals surface area contributed by atoms with Crippen molar-refractivity contribution in [3.8, 4) is 0 Å². The number of aryl methyl sites for hydroxylation is 1. The highest BCUT2D eigenvalue weighted by molar-refractivity contribution is 6.46. The van der Waals surface area contributed by atoms with Crippen LogP contribution >= 0.6 is 0 Å². The first-order chi connectivity index (χ1) is 19.4. The molecule has 2 aliphatic rings. The Hall–Kier alpha value is -3.35. The van der Waals surface area contributed by atoms with Crippen LogP contribution in [-0.2, 0) is 16.0 Å². The Morgan fingerprint density at radius 1 is 1.07 bits per heavy atom. The lowest BCUT2D eigenvalue weighted by atomic mass is 9.62. The van der Waals surface area contributed by atoms with Gasteiger partial charge in [-0.25, -0.2) is 4.39 Å². The van der Waals surface area contributed by atoms with Crippen molar-refractivity contribution in [2.24, 2.45) is 28.2 Å². The van der Waals surface area contributed by atoms with Crippen LogP contribution in [0.5, 0.6) is 0 Å². The first-order valence-corrected chi connectivity index (χ1v) is 14.9. The van der Waals surface area contributed by atoms with E-state index in [0.29, 0.717) is 29.2 Å². The smallest absolute Gasteiger partial charge is 0.305 e. The molecule has 1 aliphatic heterocycles. The molecule has 1 heterocycles. The van der Waals surface area contributed by atoms with Crippen molar-refractivity contribution in [2.45, 2.75) is 84.6 Å². The van der Waals surface area contributed by atoms with Crippen molar-refractivity contribution in [1.82, 2.24) is 5.32 Å². The Balaban J connectivity index is 1.52. The standard InChI is InChI=1S/C34H43FN2O4/c1-22-25(14-11-23-9-12-24(13-10-23)32(41)36-20-17-30(39)40)21-29(38)31(27-7-5-6-8-28(27)35)37-34(22)18-15-26(16-19-34)33(2,3)4/h5-10,12-13,22,25-26H,11,14-21H2,1-4H3,(H,36,41)(H,39,40). The van der Waals surface area contributed by atoms with Crippen molar-refractivity contribution in [3.63, 3.8) is 0 Å². The minimum Gasteiger partial charge on any atom is -0.481 e. The molecule has 2 aromatic rings. The van der Waals surface area contributed by atoms with Crippen molar-refractivity contribution in [3.05, 3.63) is 71.0 Å². The van der Waals surface area contributed by atoms with Gasteiger partial charge in [0.2, 0.25) is 0 Å². The Morgan fingerprint density at radius 2 is 1.73 bits per heavy atom. The van der Waals surface area contributed by atoms with E-state index in [-0.39, 0.29) is 41.9 Å². The van der Waals surface area contributed by atoms with Crippen molar-refractivity contribution < 1.29 is 23.9 Å². The molecule has 0 saturated heterocycles. The predicted molar refractivity (Wildman–Crippen MR) is 159 cm³/mol. The molecule has 2 unspecified atom stereocenters. The summed E-state index contributed by atoms with van der Waals surface area (Å²) in [5, 5.41) is 11.4. The molecule has 2 aromatic carbocycles. The first-order valence-electron chi connectivity index (χ1n) is 14.9. The quantitative estimate of drug-likeness (QED) is 0.376. The van der Waals surface area contributed by atoms with Gasteiger partial charge in [-0.15, -0.1) is 0 Å². The second kappa shape index (κ2) is 12.7. The number of hydrogen-bond acceptors (Lipinski definition) is 4. The van der Waals surface area contributed by atoms with E-state index < -0.39 is 17.3 Å². The third kappa shape index (κ3) is 7.30. The zero-order valence-electron chi connectivity index (χ0n) is 24.7. The van der Waals surface area contributed by atoms with Crippen LogP contribution in [0.4, 0.5) is 4.39 Å². The fourth-order valence-corrected chi connectivity index (χ4v) is 6.66. The van der Waals surface area contributed by atoms with Crippen LogP contribution in [0, 0.1) is 29.0 Å². The summed E-state index contributed by atoms with van der Waals surface area (Å²) in [6.45, 7) is 9.18. The molecule has 2 N–H and O–H groups in total. The number of carboxylic acid groups (broad SMARTS) is 1. The molecule has 2 atom stereocenters. The number of nitrogens with one attached hydrogen (secondary N) is 1. The van der Waals surface area contributed by atoms with Gasteiger partial charge in [-0.3, -0.25) is 19.4 Å². The number of ketones is 1. The summed E-state index contributed by atoms with van der Waals surface area (Å²) in [7, 11) is 0. The summed E-state index contributed by atoms with van der Waals surface area (Å²) in [4.78, 5) is 41.8. The average molecular weight is 563 g/mol. The van der Waals surface area contributed by atoms with E-state index in [4.69, 9.17) is 10.1 Å². The zero-order valence-corrected chi connectivity index (χ0v) is 24.7. The Morgan fingerprint density at radius 3 is 2.34 bits per heavy atom. The van der Waals surface area contributed by atoms with E-state index in [9.17, 15) is 18.8 Å². The molecule has 0 aromatic heterocycles. The average Bonchev–Trinajstić information content (AvgIpc) is 3.02. The number of amides is 1. The van der Waals surface area contributed by atoms with Gasteiger partial charge in [0.05, 0.1) is 12.0 Å². The van der Waals surface area contributed by atoms with Crippen LogP contribution in [0.15, 0.2) is 53.5 Å². The predicted octanol–water partition coefficient (Wildman–Crippen LogP) is 6.65. The van der Waals surface area contributed by atoms with Crippen LogP contribution in [0.1, 0.15) is 94.1 Å². The van der Waals surface area contributed by atoms with Crippen molar-refractivity contribution >= 4 is 23.4 Å². The van der Waals surface area contributed by atoms with E-state index in [0.717, 1.165) is 44.1 Å². The molecule has 1 saturated carbocycles. The minimum atomic E-state index is -0.956. The number of halogens is 1. The van der Waals surface area contributed by atoms with Gasteiger partial charge in [0.15, 0.2) is 5.78 Å². The molecule has 6 nitrogen and oxygen atoms in total. The molecule has 1 fully saturated rings. The lowest BCUT2D eigenvalue weighted by molar-refractivity contribution is -0.136. The van der Waals surface area contributed by atoms with Gasteiger partial charge in [-0.1, -0.05) is 52.0 Å². The van der Waals surface area contributed by atoms with Gasteiger partial charge in [0.25, 0.3) is 5.91 Å². The number of carboxylic acids is 1. The number of nitrogens with zero attached hydrogens (tertiary/aromatic N) is 1. The van der Waals surface area contributed by atoms with E-state index in [1.165, 1.54) is 6.07 Å². The number of Topliss-reactive ketones (excluding diaryl/α,β-unsaturated/α-hetero) is 1. The Labute approximate surface area is 242 Å². The van der Waals surface area contributed by atoms with Crippen LogP contribution < -0.4 is 5.32 Å². The molecule has 220 valence electrons. The van der Waals surface area contributed by atoms with Gasteiger partial charge in [-0.2, -0.15) is 0 Å². The molecule has 1 spiro atoms. The van der Waals surface area contributed by atoms with Crippen LogP contribution in [-0.4, -0.2) is 40.6 Å². The molecule has 0 bridgehead atoms. The van der Waals surface area contributed by atoms with E-state index >= 15 is 0 Å². The topological polar surface area (TPSA) is 95.8 Å². The van der Waals surface area contributed by atoms with Gasteiger partial charge >= 0.3 is 5.97 Å². The Kier molecular flexibility index (Phi) is 9.45. The molecular formula is C34H43FN2O4. The summed E-state index contributed by atoms with van der Waals surface area (Å²) < 4.78 is 14.9. The maximum atomic E-state index is 14.9. The SMILES string of the molecule is CC1C(CCc2ccc(C(=O)NCCC(=O)O)cc2)CC(=O)C(c2ccccc2F)=NC12CCC(C(C)(C)C)CC2. The molecule has 1 amide bonds. The second-order valence-electron chi connectivity index (χ2n) is 13.0. The second-order valence-corrected chi connectivity index (χ2v) is 13.0. The summed E-state index contributed by atoms with van der Waals surface area (Å²) in [6, 6.07) is 13.8. The number of carbonyl (C=O) groups is 3. The fraction of sp³-hybridized carbons (Fsp3) is 0.529. The minimum absolute atomic E-state index is 0.0820. The van der Waals surface area contributed by atoms with E-state index in [2.05, 4.69) is 33.0 Å². The molecule has 7 heteroatoms. The maximum absolute atomic E-state index is 14.9. The highest BCUT2D eigenvalue weighted by Gasteiger charge is 2.47. The number of rotatable bonds is 8. The monoisotopic (exact) mass is 562 g/mol. The van der Waals surface area contributed by atoms with E-state index in [1.807, 2.05) is 12.1 Å². The van der Waals surface area contributed by atoms with Crippen molar-refractivity contribution in [1.29, 1.82) is 0 Å². The largest absolute Gasteiger partial charge is 0.481 e. The third-order valence-electron chi connectivity index (χ3n) is 9.45. The van der Waals surface area contributed by atoms with Gasteiger partial charge in [0, 0.05) is 24.1 Å². The number of aliphatic imine (C=N–C) groups is 1. The molecule has 4 rings (SSSR count). The lowest BCUT2D eigenvalue weighted by Gasteiger charge is -2.46. The van der Waals surface area contributed by atoms with Crippen LogP contribution in [0.3, 0.4) is 0 Å². The van der Waals surface area contributed by atoms with Gasteiger partial charge in [0.1, 0.15) is 11.5 Å². The number of carbonyl (C=O) groups excluding carboxylic acids is 2. The van der Waals surface area contributed by atoms with Gasteiger partial charge in [-0.05, 0) is 91.5 Å². The van der Waals surface area contributed by atoms with Crippen LogP contribution in [0.25, 0.3) is 0 Å². The normalized spacial score (nSPS) is 25.0. The highest BCUT2D eigenvalue weighted by atomic mass is 19.1. The zero-order chi connectivity index (χ0) is 29.8. The van der Waals surface area contributed by atoms with Crippen molar-refractivity contribution in [2.75, 3.05) is 6.54 Å². The number of hydrogen-bond donors (Lipinski definition) is 2. The molecule has 0 radical (unpaired) electrons. The van der Waals surface area contributed by atoms with Gasteiger partial charge < -0.3 is 10.4 Å². The lowest BCUT2D eigenvalue weighted by Crippen LogP contribution is -2.43. The summed E-state index contributed by atoms with van der Waals surface area (Å²) in [5.74, 6) is -0.901. The molecule has 1 aliphatic carbocycles. The number of benzene rings is 2. The summed E-state index contributed by atoms with van der Waals surface area (Å²) in [5.41, 5.74) is 1.97. The van der Waals surface area contributed by atoms with E-state index in [1.54, 1.807) is 30.3 Å². The third-order valence-corrected chi connectivity index (χ3v) is 9.45.